The number of rotatable bonds is 7. The van der Waals surface area contributed by atoms with Crippen LogP contribution in [0.15, 0.2) is 18.2 Å². The highest BCUT2D eigenvalue weighted by Gasteiger charge is 2.50. The molecule has 0 amide bonds. The third-order valence-corrected chi connectivity index (χ3v) is 5.78. The third-order valence-electron chi connectivity index (χ3n) is 5.46. The Morgan fingerprint density at radius 1 is 0.970 bits per heavy atom. The quantitative estimate of drug-likeness (QED) is 0.142. The number of benzene rings is 1. The highest BCUT2D eigenvalue weighted by Crippen LogP contribution is 2.32. The van der Waals surface area contributed by atoms with Crippen LogP contribution >= 0.6 is 11.6 Å². The number of anilines is 1. The minimum Gasteiger partial charge on any atom is -0.394 e. The van der Waals surface area contributed by atoms with Gasteiger partial charge >= 0.3 is 0 Å². The van der Waals surface area contributed by atoms with Gasteiger partial charge in [-0.2, -0.15) is 0 Å². The number of nitro benzene ring substituents is 1. The van der Waals surface area contributed by atoms with Crippen molar-refractivity contribution in [3.8, 4) is 0 Å². The third kappa shape index (κ3) is 5.36. The topological polar surface area (TPSA) is 224 Å². The van der Waals surface area contributed by atoms with Crippen molar-refractivity contribution < 1.29 is 54.9 Å². The predicted octanol–water partition coefficient (Wildman–Crippen LogP) is -2.72. The van der Waals surface area contributed by atoms with Crippen LogP contribution in [0.3, 0.4) is 0 Å². The first kappa shape index (κ1) is 25.9. The van der Waals surface area contributed by atoms with Crippen molar-refractivity contribution in [2.24, 2.45) is 0 Å². The van der Waals surface area contributed by atoms with E-state index < -0.39 is 85.2 Å². The molecule has 2 saturated heterocycles. The highest BCUT2D eigenvalue weighted by atomic mass is 35.5. The summed E-state index contributed by atoms with van der Waals surface area (Å²) in [5.74, 6) is 0. The minimum atomic E-state index is -1.78. The van der Waals surface area contributed by atoms with Crippen LogP contribution in [0.2, 0.25) is 5.02 Å². The Morgan fingerprint density at radius 3 is 2.24 bits per heavy atom. The minimum absolute atomic E-state index is 0.114. The normalized spacial score (nSPS) is 39.3. The lowest BCUT2D eigenvalue weighted by atomic mass is 9.96. The summed E-state index contributed by atoms with van der Waals surface area (Å²) in [6.07, 6.45) is -15.6. The largest absolute Gasteiger partial charge is 0.394 e. The molecule has 33 heavy (non-hydrogen) atoms. The molecule has 0 bridgehead atoms. The van der Waals surface area contributed by atoms with Gasteiger partial charge in [0.2, 0.25) is 0 Å². The molecule has 2 fully saturated rings. The van der Waals surface area contributed by atoms with E-state index in [1.54, 1.807) is 0 Å². The maximum Gasteiger partial charge on any atom is 0.289 e. The second-order valence-electron chi connectivity index (χ2n) is 7.62. The summed E-state index contributed by atoms with van der Waals surface area (Å²) in [5, 5.41) is 83.6. The average molecular weight is 497 g/mol. The first-order valence-electron chi connectivity index (χ1n) is 9.88. The van der Waals surface area contributed by atoms with E-state index in [2.05, 4.69) is 5.32 Å². The zero-order valence-electron chi connectivity index (χ0n) is 16.9. The molecule has 10 atom stereocenters. The number of ether oxygens (including phenoxy) is 3. The molecule has 1 aromatic carbocycles. The summed E-state index contributed by atoms with van der Waals surface area (Å²) in [5.41, 5.74) is -0.276. The van der Waals surface area contributed by atoms with E-state index in [0.29, 0.717) is 0 Å². The van der Waals surface area contributed by atoms with Crippen LogP contribution in [0, 0.1) is 10.1 Å². The zero-order chi connectivity index (χ0) is 24.4. The molecule has 0 radical (unpaired) electrons. The number of nitrogens with one attached hydrogen (secondary N) is 1. The summed E-state index contributed by atoms with van der Waals surface area (Å²) >= 11 is 5.77. The fraction of sp³-hybridized carbons (Fsp3) is 0.667. The van der Waals surface area contributed by atoms with Crippen LogP contribution in [0.25, 0.3) is 0 Å². The average Bonchev–Trinajstić information content (AvgIpc) is 2.79. The zero-order valence-corrected chi connectivity index (χ0v) is 17.7. The summed E-state index contributed by atoms with van der Waals surface area (Å²) in [6.45, 7) is -1.43. The molecule has 15 heteroatoms. The molecule has 8 N–H and O–H groups in total. The van der Waals surface area contributed by atoms with Crippen molar-refractivity contribution in [3.63, 3.8) is 0 Å². The molecular weight excluding hydrogens is 472 g/mol. The van der Waals surface area contributed by atoms with Gasteiger partial charge in [0.05, 0.1) is 18.1 Å². The predicted molar refractivity (Wildman–Crippen MR) is 108 cm³/mol. The molecule has 3 rings (SSSR count). The smallest absolute Gasteiger partial charge is 0.289 e. The first-order chi connectivity index (χ1) is 15.6. The van der Waals surface area contributed by atoms with E-state index in [1.807, 2.05) is 0 Å². The Kier molecular flexibility index (Phi) is 8.41. The van der Waals surface area contributed by atoms with Crippen LogP contribution in [0.5, 0.6) is 0 Å². The van der Waals surface area contributed by atoms with E-state index in [0.717, 1.165) is 6.07 Å². The summed E-state index contributed by atoms with van der Waals surface area (Å²) in [6, 6.07) is 3.72. The maximum absolute atomic E-state index is 11.1. The Hall–Kier alpha value is -1.69. The van der Waals surface area contributed by atoms with Crippen molar-refractivity contribution >= 4 is 23.0 Å². The SMILES string of the molecule is O=[N+]([O-])c1cc(N[C@H]2O[C@H](CO)[C@@H](O[C@H]3O[C@@H](CO)[C@H](O)[C@@H](O)[C@@H]3O)[C@H](O)[C@H]2O)ccc1Cl. The molecule has 1 aromatic rings. The summed E-state index contributed by atoms with van der Waals surface area (Å²) in [4.78, 5) is 10.4. The van der Waals surface area contributed by atoms with Gasteiger partial charge in [-0.3, -0.25) is 10.1 Å². The Bertz CT molecular complexity index is 830. The molecule has 2 aliphatic heterocycles. The van der Waals surface area contributed by atoms with Gasteiger partial charge in [-0.05, 0) is 12.1 Å². The van der Waals surface area contributed by atoms with E-state index in [4.69, 9.17) is 25.8 Å². The lowest BCUT2D eigenvalue weighted by Crippen LogP contribution is -2.65. The van der Waals surface area contributed by atoms with Gasteiger partial charge in [0.1, 0.15) is 53.9 Å². The van der Waals surface area contributed by atoms with Gasteiger partial charge in [0.25, 0.3) is 5.69 Å². The van der Waals surface area contributed by atoms with Gasteiger partial charge in [0.15, 0.2) is 12.5 Å². The molecule has 0 aromatic heterocycles. The number of halogens is 1. The van der Waals surface area contributed by atoms with Crippen LogP contribution in [0.4, 0.5) is 11.4 Å². The van der Waals surface area contributed by atoms with Crippen LogP contribution < -0.4 is 5.32 Å². The number of nitrogens with zero attached hydrogens (tertiary/aromatic N) is 1. The molecule has 186 valence electrons. The van der Waals surface area contributed by atoms with Crippen molar-refractivity contribution in [2.75, 3.05) is 18.5 Å². The van der Waals surface area contributed by atoms with Crippen molar-refractivity contribution in [3.05, 3.63) is 33.3 Å². The molecule has 0 spiro atoms. The molecular formula is C18H25ClN2O12. The number of hydrogen-bond acceptors (Lipinski definition) is 13. The van der Waals surface area contributed by atoms with E-state index in [-0.39, 0.29) is 10.7 Å². The Balaban J connectivity index is 1.74. The van der Waals surface area contributed by atoms with Gasteiger partial charge in [-0.25, -0.2) is 0 Å². The van der Waals surface area contributed by atoms with Gasteiger partial charge in [-0.15, -0.1) is 0 Å². The Morgan fingerprint density at radius 2 is 1.64 bits per heavy atom. The first-order valence-corrected chi connectivity index (χ1v) is 10.3. The number of aliphatic hydroxyl groups excluding tert-OH is 7. The van der Waals surface area contributed by atoms with E-state index in [9.17, 15) is 45.9 Å². The highest BCUT2D eigenvalue weighted by molar-refractivity contribution is 6.32. The number of nitro groups is 1. The molecule has 0 unspecified atom stereocenters. The van der Waals surface area contributed by atoms with Gasteiger partial charge < -0.3 is 55.3 Å². The number of hydrogen-bond donors (Lipinski definition) is 8. The van der Waals surface area contributed by atoms with E-state index >= 15 is 0 Å². The lowest BCUT2D eigenvalue weighted by molar-refractivity contribution is -0.384. The van der Waals surface area contributed by atoms with Crippen LogP contribution in [-0.2, 0) is 14.2 Å². The van der Waals surface area contributed by atoms with Crippen molar-refractivity contribution in [1.82, 2.24) is 0 Å². The molecule has 14 nitrogen and oxygen atoms in total. The van der Waals surface area contributed by atoms with Gasteiger partial charge in [-0.1, -0.05) is 11.6 Å². The maximum atomic E-state index is 11.1. The van der Waals surface area contributed by atoms with Crippen molar-refractivity contribution in [1.29, 1.82) is 0 Å². The fourth-order valence-electron chi connectivity index (χ4n) is 3.62. The number of aliphatic hydroxyl groups is 7. The summed E-state index contributed by atoms with van der Waals surface area (Å²) in [7, 11) is 0. The fourth-order valence-corrected chi connectivity index (χ4v) is 3.80. The monoisotopic (exact) mass is 496 g/mol. The van der Waals surface area contributed by atoms with Crippen molar-refractivity contribution in [2.45, 2.75) is 61.3 Å². The molecule has 2 aliphatic rings. The van der Waals surface area contributed by atoms with Gasteiger partial charge in [0, 0.05) is 11.8 Å². The Labute approximate surface area is 191 Å². The summed E-state index contributed by atoms with van der Waals surface area (Å²) < 4.78 is 16.2. The standard InChI is InChI=1S/C18H25ClN2O12/c19-7-2-1-6(3-8(7)21(29)30)20-17-14(27)13(26)16(10(5-23)31-17)33-18-15(28)12(25)11(24)9(4-22)32-18/h1-3,9-18,20,22-28H,4-5H2/t9-,10+,11-,12+,13+,14+,15-,16+,17-,18+/m0/s1. The van der Waals surface area contributed by atoms with Crippen LogP contribution in [0.1, 0.15) is 0 Å². The molecule has 0 saturated carbocycles. The van der Waals surface area contributed by atoms with Crippen LogP contribution in [-0.4, -0.2) is 115 Å². The molecule has 0 aliphatic carbocycles. The second kappa shape index (κ2) is 10.7. The molecule has 2 heterocycles. The second-order valence-corrected chi connectivity index (χ2v) is 8.03. The lowest BCUT2D eigenvalue weighted by Gasteiger charge is -2.46. The van der Waals surface area contributed by atoms with E-state index in [1.165, 1.54) is 12.1 Å².